The first-order chi connectivity index (χ1) is 27.0. The van der Waals surface area contributed by atoms with Crippen LogP contribution in [0.15, 0.2) is 64.4 Å². The van der Waals surface area contributed by atoms with E-state index in [9.17, 15) is 28.5 Å². The topological polar surface area (TPSA) is 216 Å². The fourth-order valence-electron chi connectivity index (χ4n) is 7.08. The largest absolute Gasteiger partial charge is 0.573 e. The molecule has 17 nitrogen and oxygen atoms in total. The molecular formula is C36H38BrClN10O7S. The molecule has 7 rings (SSSR count). The maximum absolute atomic E-state index is 13.2. The molecule has 4 heterocycles. The third-order valence-corrected chi connectivity index (χ3v) is 12.3. The Hall–Kier alpha value is -4.66. The number of hydrogen-bond acceptors (Lipinski definition) is 12. The molecule has 3 unspecified atom stereocenters. The van der Waals surface area contributed by atoms with Gasteiger partial charge in [-0.25, -0.2) is 24.5 Å². The SMILES string of the molecule is O=C(CC1NCCCC1OC(=O)N[S+]([O-])N1CCN(C(=O)Nc2nccnc2C(=O)NC2Cc3ccccc3C2)CC1)Cn1cnc2cc(Br)c(Cl)cc2c1=O. The Labute approximate surface area is 337 Å². The zero-order valence-corrected chi connectivity index (χ0v) is 33.1. The van der Waals surface area contributed by atoms with Crippen molar-refractivity contribution in [3.63, 3.8) is 0 Å². The van der Waals surface area contributed by atoms with Crippen LogP contribution in [0.5, 0.6) is 0 Å². The van der Waals surface area contributed by atoms with Gasteiger partial charge in [-0.3, -0.25) is 24.3 Å². The van der Waals surface area contributed by atoms with E-state index in [1.54, 1.807) is 6.07 Å². The van der Waals surface area contributed by atoms with Crippen LogP contribution in [0.3, 0.4) is 0 Å². The molecule has 3 atom stereocenters. The smallest absolute Gasteiger partial charge is 0.450 e. The molecule has 294 valence electrons. The molecule has 4 N–H and O–H groups in total. The molecule has 1 aliphatic carbocycles. The third-order valence-electron chi connectivity index (χ3n) is 9.90. The standard InChI is InChI=1S/C36H38BrClN10O7S/c37-26-18-28-25(17-27(26)38)34(51)47(20-42-28)19-24(49)16-29-30(6-3-7-39-29)55-36(53)45-56(54)48-12-10-46(11-13-48)35(52)44-32-31(40-8-9-41-32)33(50)43-23-14-21-4-1-2-5-22(21)15-23/h1-2,4-5,8-9,17-18,20,23,29-30,39H,3,6-7,10-16,19H2,(H,43,50)(H,45,53)(H,41,44,52). The number of anilines is 1. The van der Waals surface area contributed by atoms with E-state index in [1.165, 1.54) is 49.7 Å². The van der Waals surface area contributed by atoms with Crippen molar-refractivity contribution in [3.8, 4) is 0 Å². The highest BCUT2D eigenvalue weighted by molar-refractivity contribution is 9.10. The van der Waals surface area contributed by atoms with E-state index < -0.39 is 47.3 Å². The van der Waals surface area contributed by atoms with Crippen molar-refractivity contribution in [3.05, 3.63) is 91.8 Å². The van der Waals surface area contributed by atoms with Crippen molar-refractivity contribution in [1.29, 1.82) is 0 Å². The summed E-state index contributed by atoms with van der Waals surface area (Å²) in [6.45, 7) is 1.07. The zero-order valence-electron chi connectivity index (χ0n) is 29.9. The van der Waals surface area contributed by atoms with Crippen molar-refractivity contribution in [2.24, 2.45) is 0 Å². The summed E-state index contributed by atoms with van der Waals surface area (Å²) in [5.41, 5.74) is 2.40. The summed E-state index contributed by atoms with van der Waals surface area (Å²) in [6.07, 6.45) is 5.03. The van der Waals surface area contributed by atoms with Gasteiger partial charge in [0.05, 0.1) is 47.9 Å². The fourth-order valence-corrected chi connectivity index (χ4v) is 8.39. The van der Waals surface area contributed by atoms with Crippen molar-refractivity contribution < 1.29 is 28.5 Å². The molecule has 3 aliphatic rings. The van der Waals surface area contributed by atoms with Gasteiger partial charge >= 0.3 is 12.1 Å². The van der Waals surface area contributed by atoms with E-state index in [4.69, 9.17) is 16.3 Å². The van der Waals surface area contributed by atoms with Gasteiger partial charge in [-0.1, -0.05) is 40.2 Å². The Morgan fingerprint density at radius 1 is 1.04 bits per heavy atom. The molecule has 4 aromatic rings. The van der Waals surface area contributed by atoms with Gasteiger partial charge in [-0.15, -0.1) is 4.72 Å². The van der Waals surface area contributed by atoms with E-state index in [0.29, 0.717) is 47.2 Å². The molecule has 0 spiro atoms. The first-order valence-electron chi connectivity index (χ1n) is 18.0. The molecular weight excluding hydrogens is 832 g/mol. The van der Waals surface area contributed by atoms with Gasteiger partial charge in [0.2, 0.25) is 0 Å². The van der Waals surface area contributed by atoms with Crippen LogP contribution in [-0.4, -0.2) is 108 Å². The Kier molecular flexibility index (Phi) is 12.5. The molecule has 2 aromatic heterocycles. The lowest BCUT2D eigenvalue weighted by Crippen LogP contribution is -2.55. The summed E-state index contributed by atoms with van der Waals surface area (Å²) in [5, 5.41) is 9.52. The molecule has 2 aromatic carbocycles. The van der Waals surface area contributed by atoms with E-state index in [2.05, 4.69) is 51.6 Å². The second-order valence-electron chi connectivity index (χ2n) is 13.6. The number of aromatic nitrogens is 4. The van der Waals surface area contributed by atoms with Gasteiger partial charge in [0.15, 0.2) is 28.8 Å². The number of carbonyl (C=O) groups is 4. The highest BCUT2D eigenvalue weighted by Gasteiger charge is 2.34. The minimum atomic E-state index is -1.97. The number of nitrogens with zero attached hydrogens (tertiary/aromatic N) is 6. The number of fused-ring (bicyclic) bond motifs is 2. The molecule has 0 saturated carbocycles. The third kappa shape index (κ3) is 9.30. The summed E-state index contributed by atoms with van der Waals surface area (Å²) in [4.78, 5) is 79.5. The van der Waals surface area contributed by atoms with Crippen LogP contribution in [0.1, 0.15) is 40.9 Å². The average molecular weight is 870 g/mol. The van der Waals surface area contributed by atoms with E-state index >= 15 is 0 Å². The van der Waals surface area contributed by atoms with Crippen molar-refractivity contribution >= 4 is 79.6 Å². The molecule has 0 bridgehead atoms. The Morgan fingerprint density at radius 3 is 2.52 bits per heavy atom. The summed E-state index contributed by atoms with van der Waals surface area (Å²) in [5.74, 6) is -0.692. The van der Waals surface area contributed by atoms with Gasteiger partial charge < -0.3 is 24.8 Å². The van der Waals surface area contributed by atoms with Crippen molar-refractivity contribution in [2.75, 3.05) is 38.0 Å². The lowest BCUT2D eigenvalue weighted by Gasteiger charge is -2.34. The van der Waals surface area contributed by atoms with E-state index in [-0.39, 0.29) is 67.9 Å². The van der Waals surface area contributed by atoms with Crippen LogP contribution in [0.4, 0.5) is 15.4 Å². The fraction of sp³-hybridized carbons (Fsp3) is 0.389. The van der Waals surface area contributed by atoms with E-state index in [1.807, 2.05) is 24.3 Å². The number of ether oxygens (including phenoxy) is 1. The number of nitrogens with one attached hydrogen (secondary N) is 4. The molecule has 56 heavy (non-hydrogen) atoms. The molecule has 20 heteroatoms. The predicted molar refractivity (Wildman–Crippen MR) is 210 cm³/mol. The number of piperidine rings is 1. The maximum Gasteiger partial charge on any atom is 0.450 e. The number of halogens is 2. The number of benzene rings is 2. The van der Waals surface area contributed by atoms with Crippen molar-refractivity contribution in [2.45, 2.75) is 56.8 Å². The normalized spacial score (nSPS) is 19.2. The Bertz CT molecular complexity index is 2180. The lowest BCUT2D eigenvalue weighted by atomic mass is 9.96. The number of carbonyl (C=O) groups excluding carboxylic acids is 4. The molecule has 2 fully saturated rings. The number of amides is 4. The predicted octanol–water partition coefficient (Wildman–Crippen LogP) is 2.73. The van der Waals surface area contributed by atoms with Gasteiger partial charge in [-0.2, -0.15) is 0 Å². The summed E-state index contributed by atoms with van der Waals surface area (Å²) < 4.78 is 24.4. The van der Waals surface area contributed by atoms with Crippen LogP contribution in [0.25, 0.3) is 10.9 Å². The Morgan fingerprint density at radius 2 is 1.77 bits per heavy atom. The van der Waals surface area contributed by atoms with Crippen LogP contribution in [-0.2, 0) is 40.5 Å². The van der Waals surface area contributed by atoms with Crippen LogP contribution in [0.2, 0.25) is 5.02 Å². The van der Waals surface area contributed by atoms with Crippen LogP contribution < -0.4 is 26.2 Å². The summed E-state index contributed by atoms with van der Waals surface area (Å²) >= 11 is 7.51. The molecule has 4 amide bonds. The number of hydrogen-bond donors (Lipinski definition) is 4. The minimum Gasteiger partial charge on any atom is -0.573 e. The van der Waals surface area contributed by atoms with Crippen molar-refractivity contribution in [1.82, 2.24) is 44.1 Å². The molecule has 0 radical (unpaired) electrons. The quantitative estimate of drug-likeness (QED) is 0.169. The summed E-state index contributed by atoms with van der Waals surface area (Å²) in [6, 6.07) is 10.0. The number of urea groups is 1. The highest BCUT2D eigenvalue weighted by atomic mass is 79.9. The average Bonchev–Trinajstić information content (AvgIpc) is 3.60. The van der Waals surface area contributed by atoms with Gasteiger partial charge in [-0.05, 0) is 71.4 Å². The van der Waals surface area contributed by atoms with Crippen LogP contribution >= 0.6 is 27.5 Å². The van der Waals surface area contributed by atoms with E-state index in [0.717, 1.165) is 0 Å². The number of rotatable bonds is 10. The minimum absolute atomic E-state index is 0.00357. The van der Waals surface area contributed by atoms with Gasteiger partial charge in [0.1, 0.15) is 6.10 Å². The second kappa shape index (κ2) is 17.6. The molecule has 2 aliphatic heterocycles. The molecule has 2 saturated heterocycles. The first-order valence-corrected chi connectivity index (χ1v) is 20.3. The zero-order chi connectivity index (χ0) is 39.3. The lowest BCUT2D eigenvalue weighted by molar-refractivity contribution is -0.121. The maximum atomic E-state index is 13.2. The summed E-state index contributed by atoms with van der Waals surface area (Å²) in [7, 11) is 0. The Balaban J connectivity index is 0.865. The highest BCUT2D eigenvalue weighted by Crippen LogP contribution is 2.26. The number of ketones is 1. The van der Waals surface area contributed by atoms with Gasteiger partial charge in [0, 0.05) is 42.4 Å². The van der Waals surface area contributed by atoms with Crippen LogP contribution in [0, 0.1) is 0 Å². The number of Topliss-reactive ketones (excluding diaryl/α,β-unsaturated/α-hetero) is 1. The number of piperazine rings is 1. The second-order valence-corrected chi connectivity index (χ2v) is 16.1. The van der Waals surface area contributed by atoms with Gasteiger partial charge in [0.25, 0.3) is 11.5 Å². The monoisotopic (exact) mass is 868 g/mol. The first kappa shape index (κ1) is 39.6.